The Labute approximate surface area is 242 Å². The van der Waals surface area contributed by atoms with Crippen molar-refractivity contribution in [2.24, 2.45) is 0 Å². The highest BCUT2D eigenvalue weighted by atomic mass is 16.7. The van der Waals surface area contributed by atoms with Gasteiger partial charge < -0.3 is 69.3 Å². The fourth-order valence-electron chi connectivity index (χ4n) is 5.28. The number of aliphatic hydroxyl groups is 8. The number of hydrogen-bond acceptors (Lipinski definition) is 15. The van der Waals surface area contributed by atoms with Gasteiger partial charge in [-0.3, -0.25) is 4.79 Å². The van der Waals surface area contributed by atoms with Crippen LogP contribution in [-0.2, 0) is 9.47 Å². The first-order chi connectivity index (χ1) is 20.5. The van der Waals surface area contributed by atoms with Gasteiger partial charge in [0.05, 0.1) is 36.8 Å². The van der Waals surface area contributed by atoms with Crippen molar-refractivity contribution in [2.75, 3.05) is 20.3 Å². The zero-order valence-electron chi connectivity index (χ0n) is 22.6. The van der Waals surface area contributed by atoms with Crippen LogP contribution in [-0.4, -0.2) is 121 Å². The monoisotopic (exact) mass is 608 g/mol. The summed E-state index contributed by atoms with van der Waals surface area (Å²) >= 11 is 0. The first kappa shape index (κ1) is 31.1. The smallest absolute Gasteiger partial charge is 0.229 e. The highest BCUT2D eigenvalue weighted by molar-refractivity contribution is 5.87. The summed E-state index contributed by atoms with van der Waals surface area (Å²) in [7, 11) is 1.33. The Morgan fingerprint density at radius 3 is 2.09 bits per heavy atom. The Bertz CT molecular complexity index is 1500. The van der Waals surface area contributed by atoms with Crippen molar-refractivity contribution in [3.8, 4) is 28.4 Å². The van der Waals surface area contributed by atoms with Crippen LogP contribution in [0.25, 0.3) is 22.1 Å². The van der Waals surface area contributed by atoms with E-state index in [4.69, 9.17) is 23.4 Å². The fraction of sp³-hybridized carbons (Fsp3) is 0.464. The van der Waals surface area contributed by atoms with E-state index >= 15 is 0 Å². The summed E-state index contributed by atoms with van der Waals surface area (Å²) in [6.07, 6.45) is -14.2. The van der Waals surface area contributed by atoms with E-state index in [9.17, 15) is 50.8 Å². The highest BCUT2D eigenvalue weighted by Gasteiger charge is 2.46. The van der Waals surface area contributed by atoms with Crippen molar-refractivity contribution >= 4 is 11.0 Å². The van der Waals surface area contributed by atoms with E-state index < -0.39 is 85.6 Å². The highest BCUT2D eigenvalue weighted by Crippen LogP contribution is 2.41. The first-order valence-corrected chi connectivity index (χ1v) is 13.3. The van der Waals surface area contributed by atoms with E-state index in [1.54, 1.807) is 0 Å². The lowest BCUT2D eigenvalue weighted by Gasteiger charge is -2.40. The van der Waals surface area contributed by atoms with Gasteiger partial charge in [0.15, 0.2) is 0 Å². The number of ether oxygens (including phenoxy) is 4. The maximum Gasteiger partial charge on any atom is 0.229 e. The van der Waals surface area contributed by atoms with Gasteiger partial charge in [0, 0.05) is 11.6 Å². The molecule has 0 aliphatic carbocycles. The lowest BCUT2D eigenvalue weighted by molar-refractivity contribution is -0.277. The summed E-state index contributed by atoms with van der Waals surface area (Å²) in [6, 6.07) is 6.70. The second-order valence-electron chi connectivity index (χ2n) is 10.3. The number of aromatic hydroxyl groups is 1. The zero-order chi connectivity index (χ0) is 31.2. The second kappa shape index (κ2) is 12.3. The molecule has 43 heavy (non-hydrogen) atoms. The van der Waals surface area contributed by atoms with Crippen LogP contribution in [0.1, 0.15) is 11.7 Å². The summed E-state index contributed by atoms with van der Waals surface area (Å²) in [4.78, 5) is 13.7. The molecule has 10 atom stereocenters. The van der Waals surface area contributed by atoms with Gasteiger partial charge in [0.25, 0.3) is 0 Å². The topological polar surface area (TPSA) is 249 Å². The molecule has 2 aromatic carbocycles. The molecule has 3 aromatic rings. The number of hydrogen-bond donors (Lipinski definition) is 9. The minimum atomic E-state index is -1.74. The van der Waals surface area contributed by atoms with Crippen LogP contribution in [0.5, 0.6) is 17.2 Å². The molecule has 0 radical (unpaired) electrons. The van der Waals surface area contributed by atoms with Crippen molar-refractivity contribution in [3.63, 3.8) is 0 Å². The molecule has 234 valence electrons. The maximum absolute atomic E-state index is 13.7. The number of benzene rings is 2. The molecule has 2 fully saturated rings. The number of aliphatic hydroxyl groups excluding tert-OH is 8. The minimum absolute atomic E-state index is 0.0224. The molecule has 2 aliphatic heterocycles. The van der Waals surface area contributed by atoms with Crippen LogP contribution in [0, 0.1) is 0 Å². The number of rotatable bonds is 7. The van der Waals surface area contributed by atoms with Gasteiger partial charge in [-0.25, -0.2) is 0 Å². The third kappa shape index (κ3) is 5.44. The van der Waals surface area contributed by atoms with E-state index in [0.29, 0.717) is 0 Å². The SMILES string of the molecule is COc1cc(O[C@@H]2O[C@H](CO)[C@@H](O)[C@H](O)[C@H]2O)ccc1-c1coc2c([C@@H]3O[C@H](CO)[C@@H](O)[C@H](O)[C@H]3O)c(O)ccc2c1=O. The molecular weight excluding hydrogens is 576 g/mol. The van der Waals surface area contributed by atoms with Gasteiger partial charge in [0.1, 0.15) is 84.0 Å². The largest absolute Gasteiger partial charge is 0.507 e. The maximum atomic E-state index is 13.7. The molecule has 5 rings (SSSR count). The summed E-state index contributed by atoms with van der Waals surface area (Å²) in [5.74, 6) is -0.216. The van der Waals surface area contributed by atoms with Crippen LogP contribution < -0.4 is 14.9 Å². The average molecular weight is 609 g/mol. The molecule has 0 spiro atoms. The molecule has 15 heteroatoms. The Kier molecular flexibility index (Phi) is 8.92. The summed E-state index contributed by atoms with van der Waals surface area (Å²) < 4.78 is 27.8. The molecule has 0 saturated carbocycles. The lowest BCUT2D eigenvalue weighted by Crippen LogP contribution is -2.60. The van der Waals surface area contributed by atoms with Gasteiger partial charge >= 0.3 is 0 Å². The molecule has 9 N–H and O–H groups in total. The summed E-state index contributed by atoms with van der Waals surface area (Å²) in [5.41, 5.74) is -0.642. The van der Waals surface area contributed by atoms with E-state index in [1.807, 2.05) is 0 Å². The van der Waals surface area contributed by atoms with Crippen LogP contribution in [0.4, 0.5) is 0 Å². The van der Waals surface area contributed by atoms with Crippen LogP contribution in [0.15, 0.2) is 45.8 Å². The lowest BCUT2D eigenvalue weighted by atomic mass is 9.89. The van der Waals surface area contributed by atoms with Crippen LogP contribution in [0.3, 0.4) is 0 Å². The van der Waals surface area contributed by atoms with Crippen molar-refractivity contribution in [1.29, 1.82) is 0 Å². The molecule has 0 amide bonds. The Morgan fingerprint density at radius 1 is 0.791 bits per heavy atom. The van der Waals surface area contributed by atoms with Crippen molar-refractivity contribution in [2.45, 2.75) is 61.2 Å². The average Bonchev–Trinajstić information content (AvgIpc) is 3.01. The second-order valence-corrected chi connectivity index (χ2v) is 10.3. The standard InChI is InChI=1S/C28H32O15/c1-39-15-6-10(41-28-25(38)23(36)21(34)17(8-30)43-28)2-3-11(15)13-9-40-26-12(19(13)32)4-5-14(31)18(26)27-24(37)22(35)20(33)16(7-29)42-27/h2-6,9,16-17,20-25,27-31,33-38H,7-8H2,1H3/t16-,17-,20-,21-,22+,23+,24-,25-,27+,28-/m1/s1. The zero-order valence-corrected chi connectivity index (χ0v) is 22.6. The number of phenolic OH excluding ortho intramolecular Hbond substituents is 1. The molecule has 2 saturated heterocycles. The van der Waals surface area contributed by atoms with E-state index in [-0.39, 0.29) is 39.2 Å². The number of fused-ring (bicyclic) bond motifs is 1. The fourth-order valence-corrected chi connectivity index (χ4v) is 5.28. The molecular formula is C28H32O15. The van der Waals surface area contributed by atoms with Crippen molar-refractivity contribution < 1.29 is 69.3 Å². The quantitative estimate of drug-likeness (QED) is 0.139. The number of methoxy groups -OCH3 is 1. The Balaban J connectivity index is 1.50. The minimum Gasteiger partial charge on any atom is -0.507 e. The normalized spacial score (nSPS) is 33.0. The third-order valence-corrected chi connectivity index (χ3v) is 7.70. The van der Waals surface area contributed by atoms with Crippen molar-refractivity contribution in [3.05, 3.63) is 52.4 Å². The van der Waals surface area contributed by atoms with E-state index in [2.05, 4.69) is 0 Å². The first-order valence-electron chi connectivity index (χ1n) is 13.3. The van der Waals surface area contributed by atoms with Gasteiger partial charge in [-0.05, 0) is 24.3 Å². The van der Waals surface area contributed by atoms with E-state index in [0.717, 1.165) is 6.26 Å². The van der Waals surface area contributed by atoms with Gasteiger partial charge in [-0.15, -0.1) is 0 Å². The summed E-state index contributed by atoms with van der Waals surface area (Å²) in [5, 5.41) is 90.8. The predicted octanol–water partition coefficient (Wildman–Crippen LogP) is -2.13. The Hall–Kier alpha value is -3.35. The Morgan fingerprint density at radius 2 is 1.44 bits per heavy atom. The molecule has 1 aromatic heterocycles. The van der Waals surface area contributed by atoms with Gasteiger partial charge in [-0.1, -0.05) is 0 Å². The molecule has 2 aliphatic rings. The van der Waals surface area contributed by atoms with Crippen molar-refractivity contribution in [1.82, 2.24) is 0 Å². The summed E-state index contributed by atoms with van der Waals surface area (Å²) in [6.45, 7) is -1.34. The van der Waals surface area contributed by atoms with Gasteiger partial charge in [0.2, 0.25) is 11.7 Å². The molecule has 0 unspecified atom stereocenters. The van der Waals surface area contributed by atoms with E-state index in [1.165, 1.54) is 37.4 Å². The predicted molar refractivity (Wildman–Crippen MR) is 143 cm³/mol. The van der Waals surface area contributed by atoms with Crippen LogP contribution >= 0.6 is 0 Å². The molecule has 15 nitrogen and oxygen atoms in total. The van der Waals surface area contributed by atoms with Gasteiger partial charge in [-0.2, -0.15) is 0 Å². The van der Waals surface area contributed by atoms with Crippen LogP contribution in [0.2, 0.25) is 0 Å². The molecule has 3 heterocycles. The number of phenols is 1. The third-order valence-electron chi connectivity index (χ3n) is 7.70. The molecule has 0 bridgehead atoms.